The molecule has 0 aromatic carbocycles. The van der Waals surface area contributed by atoms with Gasteiger partial charge in [-0.05, 0) is 13.8 Å². The summed E-state index contributed by atoms with van der Waals surface area (Å²) in [7, 11) is -2.14. The van der Waals surface area contributed by atoms with E-state index < -0.39 is 7.60 Å². The predicted molar refractivity (Wildman–Crippen MR) is 69.3 cm³/mol. The highest BCUT2D eigenvalue weighted by atomic mass is 31.2. The zero-order chi connectivity index (χ0) is 14.3. The monoisotopic (exact) mass is 285 g/mol. The van der Waals surface area contributed by atoms with Crippen LogP contribution in [0.1, 0.15) is 25.0 Å². The molecule has 0 saturated carbocycles. The van der Waals surface area contributed by atoms with Gasteiger partial charge in [0, 0.05) is 5.56 Å². The quantitative estimate of drug-likeness (QED) is 0.564. The number of rotatable bonds is 7. The molecule has 1 heterocycles. The van der Waals surface area contributed by atoms with Crippen LogP contribution in [0.15, 0.2) is 23.2 Å². The number of hydrogen-bond donors (Lipinski definition) is 0. The van der Waals surface area contributed by atoms with Gasteiger partial charge in [-0.15, -0.1) is 0 Å². The Balaban J connectivity index is 3.31. The summed E-state index contributed by atoms with van der Waals surface area (Å²) in [6.07, 6.45) is 3.83. The molecule has 0 radical (unpaired) electrons. The molecule has 0 saturated heterocycles. The molecule has 104 valence electrons. The highest BCUT2D eigenvalue weighted by molar-refractivity contribution is 7.65. The topological polar surface area (TPSA) is 81.7 Å². The number of nitrogens with zero attached hydrogens (tertiary/aromatic N) is 1. The highest BCUT2D eigenvalue weighted by Crippen LogP contribution is 2.60. The fourth-order valence-corrected chi connectivity index (χ4v) is 3.22. The van der Waals surface area contributed by atoms with Gasteiger partial charge < -0.3 is 18.2 Å². The van der Waals surface area contributed by atoms with Crippen molar-refractivity contribution in [1.82, 2.24) is 0 Å². The van der Waals surface area contributed by atoms with E-state index in [0.717, 1.165) is 0 Å². The summed E-state index contributed by atoms with van der Waals surface area (Å²) in [6, 6.07) is 1.95. The first-order valence-electron chi connectivity index (χ1n) is 5.72. The van der Waals surface area contributed by atoms with Crippen LogP contribution in [0.4, 0.5) is 0 Å². The summed E-state index contributed by atoms with van der Waals surface area (Å²) >= 11 is 0. The van der Waals surface area contributed by atoms with Gasteiger partial charge in [-0.25, -0.2) is 0 Å². The molecule has 1 aromatic heterocycles. The third kappa shape index (κ3) is 3.48. The standard InChI is InChI=1S/C12H16NO5P/c1-4-17-19(14,18-5-2)12(9-15-3)11-8-16-7-10(11)6-13/h7-9H,4-5H2,1-3H3/b12-9+. The van der Waals surface area contributed by atoms with Crippen molar-refractivity contribution in [2.24, 2.45) is 0 Å². The Morgan fingerprint density at radius 3 is 2.53 bits per heavy atom. The molecule has 0 N–H and O–H groups in total. The Labute approximate surface area is 112 Å². The Hall–Kier alpha value is -1.54. The Morgan fingerprint density at radius 1 is 1.42 bits per heavy atom. The normalized spacial score (nSPS) is 12.2. The van der Waals surface area contributed by atoms with Crippen LogP contribution in [0.5, 0.6) is 0 Å². The average Bonchev–Trinajstić information content (AvgIpc) is 2.84. The average molecular weight is 285 g/mol. The second-order valence-electron chi connectivity index (χ2n) is 3.38. The summed E-state index contributed by atoms with van der Waals surface area (Å²) in [5.74, 6) is 0. The van der Waals surface area contributed by atoms with Gasteiger partial charge >= 0.3 is 7.60 Å². The van der Waals surface area contributed by atoms with Crippen molar-refractivity contribution >= 4 is 12.9 Å². The van der Waals surface area contributed by atoms with Crippen LogP contribution in [-0.2, 0) is 18.3 Å². The van der Waals surface area contributed by atoms with Gasteiger partial charge in [0.05, 0.1) is 38.4 Å². The lowest BCUT2D eigenvalue weighted by atomic mass is 10.2. The minimum atomic E-state index is -3.55. The van der Waals surface area contributed by atoms with E-state index in [2.05, 4.69) is 0 Å². The predicted octanol–water partition coefficient (Wildman–Crippen LogP) is 3.36. The van der Waals surface area contributed by atoms with Gasteiger partial charge in [-0.1, -0.05) is 0 Å². The molecule has 0 bridgehead atoms. The molecule has 0 spiro atoms. The minimum absolute atomic E-state index is 0.170. The number of nitriles is 1. The van der Waals surface area contributed by atoms with Crippen molar-refractivity contribution < 1.29 is 22.8 Å². The third-order valence-electron chi connectivity index (χ3n) is 2.18. The van der Waals surface area contributed by atoms with Crippen molar-refractivity contribution in [2.75, 3.05) is 20.3 Å². The summed E-state index contributed by atoms with van der Waals surface area (Å²) in [4.78, 5) is 0. The number of hydrogen-bond acceptors (Lipinski definition) is 6. The SMILES string of the molecule is CCOP(=O)(OCC)/C(=C/OC)c1cocc1C#N. The van der Waals surface area contributed by atoms with Crippen LogP contribution >= 0.6 is 7.60 Å². The molecular formula is C12H16NO5P. The van der Waals surface area contributed by atoms with E-state index in [-0.39, 0.29) is 24.1 Å². The maximum atomic E-state index is 12.7. The molecule has 0 fully saturated rings. The van der Waals surface area contributed by atoms with Gasteiger partial charge in [0.1, 0.15) is 17.6 Å². The molecule has 0 aliphatic heterocycles. The van der Waals surface area contributed by atoms with Gasteiger partial charge in [0.15, 0.2) is 0 Å². The Bertz CT molecular complexity index is 518. The molecule has 1 rings (SSSR count). The summed E-state index contributed by atoms with van der Waals surface area (Å²) in [5, 5.41) is 9.17. The molecule has 19 heavy (non-hydrogen) atoms. The van der Waals surface area contributed by atoms with Gasteiger partial charge in [0.2, 0.25) is 0 Å². The molecule has 0 unspecified atom stereocenters. The van der Waals surface area contributed by atoms with Crippen LogP contribution in [0.25, 0.3) is 5.31 Å². The highest BCUT2D eigenvalue weighted by Gasteiger charge is 2.33. The van der Waals surface area contributed by atoms with Crippen molar-refractivity contribution in [3.63, 3.8) is 0 Å². The second kappa shape index (κ2) is 7.15. The molecule has 7 heteroatoms. The van der Waals surface area contributed by atoms with E-state index in [1.165, 1.54) is 25.9 Å². The van der Waals surface area contributed by atoms with Gasteiger partial charge in [-0.3, -0.25) is 4.57 Å². The van der Waals surface area contributed by atoms with E-state index in [0.29, 0.717) is 5.56 Å². The van der Waals surface area contributed by atoms with Crippen LogP contribution in [0.2, 0.25) is 0 Å². The van der Waals surface area contributed by atoms with E-state index >= 15 is 0 Å². The Morgan fingerprint density at radius 2 is 2.05 bits per heavy atom. The zero-order valence-electron chi connectivity index (χ0n) is 11.1. The third-order valence-corrected chi connectivity index (χ3v) is 4.31. The maximum Gasteiger partial charge on any atom is 0.365 e. The lowest BCUT2D eigenvalue weighted by molar-refractivity contribution is 0.229. The molecular weight excluding hydrogens is 269 g/mol. The fourth-order valence-electron chi connectivity index (χ4n) is 1.49. The molecule has 1 aromatic rings. The maximum absolute atomic E-state index is 12.7. The minimum Gasteiger partial charge on any atom is -0.503 e. The number of furan rings is 1. The lowest BCUT2D eigenvalue weighted by Crippen LogP contribution is -1.99. The molecule has 0 aliphatic rings. The second-order valence-corrected chi connectivity index (χ2v) is 5.38. The fraction of sp³-hybridized carbons (Fsp3) is 0.417. The summed E-state index contributed by atoms with van der Waals surface area (Å²) < 4.78 is 33.1. The zero-order valence-corrected chi connectivity index (χ0v) is 12.0. The Kier molecular flexibility index (Phi) is 5.84. The van der Waals surface area contributed by atoms with E-state index in [1.807, 2.05) is 6.07 Å². The van der Waals surface area contributed by atoms with E-state index in [4.69, 9.17) is 23.5 Å². The number of ether oxygens (including phenoxy) is 1. The van der Waals surface area contributed by atoms with Gasteiger partial charge in [-0.2, -0.15) is 5.26 Å². The van der Waals surface area contributed by atoms with Crippen molar-refractivity contribution in [3.8, 4) is 6.07 Å². The molecule has 6 nitrogen and oxygen atoms in total. The molecule has 0 aliphatic carbocycles. The first-order chi connectivity index (χ1) is 9.12. The largest absolute Gasteiger partial charge is 0.503 e. The van der Waals surface area contributed by atoms with E-state index in [1.54, 1.807) is 13.8 Å². The smallest absolute Gasteiger partial charge is 0.365 e. The first-order valence-corrected chi connectivity index (χ1v) is 7.26. The van der Waals surface area contributed by atoms with Gasteiger partial charge in [0.25, 0.3) is 0 Å². The first kappa shape index (κ1) is 15.5. The van der Waals surface area contributed by atoms with Crippen LogP contribution in [0.3, 0.4) is 0 Å². The van der Waals surface area contributed by atoms with Crippen molar-refractivity contribution in [2.45, 2.75) is 13.8 Å². The van der Waals surface area contributed by atoms with E-state index in [9.17, 15) is 4.57 Å². The summed E-state index contributed by atoms with van der Waals surface area (Å²) in [5.41, 5.74) is 0.581. The van der Waals surface area contributed by atoms with Crippen LogP contribution < -0.4 is 0 Å². The molecule has 0 atom stereocenters. The van der Waals surface area contributed by atoms with Crippen molar-refractivity contribution in [1.29, 1.82) is 5.26 Å². The summed E-state index contributed by atoms with van der Waals surface area (Å²) in [6.45, 7) is 3.82. The molecule has 0 amide bonds. The van der Waals surface area contributed by atoms with Crippen molar-refractivity contribution in [3.05, 3.63) is 29.9 Å². The lowest BCUT2D eigenvalue weighted by Gasteiger charge is -2.19. The number of methoxy groups -OCH3 is 1. The van der Waals surface area contributed by atoms with Crippen LogP contribution in [-0.4, -0.2) is 20.3 Å². The van der Waals surface area contributed by atoms with Crippen LogP contribution in [0, 0.1) is 11.3 Å².